The second-order valence-electron chi connectivity index (χ2n) is 4.14. The number of carboxylic acids is 1. The molecule has 0 aliphatic rings. The molecule has 6 nitrogen and oxygen atoms in total. The van der Waals surface area contributed by atoms with E-state index in [1.165, 1.54) is 6.33 Å². The van der Waals surface area contributed by atoms with Gasteiger partial charge in [0.1, 0.15) is 12.1 Å². The normalized spacial score (nSPS) is 11.1. The van der Waals surface area contributed by atoms with Gasteiger partial charge in [-0.1, -0.05) is 6.92 Å². The Morgan fingerprint density at radius 1 is 1.50 bits per heavy atom. The van der Waals surface area contributed by atoms with Gasteiger partial charge in [0, 0.05) is 12.3 Å². The monoisotopic (exact) mass is 274 g/mol. The largest absolute Gasteiger partial charge is 0.494 e. The molecule has 104 valence electrons. The number of carboxylic acid groups (broad SMARTS) is 1. The highest BCUT2D eigenvalue weighted by Crippen LogP contribution is 2.16. The first kappa shape index (κ1) is 13.8. The smallest absolute Gasteiger partial charge is 0.329 e. The number of carbonyl (C=O) groups is 1. The number of rotatable bonds is 5. The highest BCUT2D eigenvalue weighted by atomic mass is 16.5. The number of hydrogen-bond donors (Lipinski definition) is 1. The van der Waals surface area contributed by atoms with Gasteiger partial charge in [0.15, 0.2) is 0 Å². The number of fused-ring (bicyclic) bond motifs is 1. The van der Waals surface area contributed by atoms with Crippen molar-refractivity contribution in [1.82, 2.24) is 9.55 Å². The lowest BCUT2D eigenvalue weighted by molar-refractivity contribution is -0.131. The van der Waals surface area contributed by atoms with Crippen molar-refractivity contribution in [3.8, 4) is 5.75 Å². The standard InChI is InChI=1S/C14H14N2O4/c1-2-7-20-10-3-4-12-11(8-10)14(19)16(9-15-12)6-5-13(17)18/h3-6,8-9H,2,7H2,1H3,(H,17,18)/b6-5+. The van der Waals surface area contributed by atoms with Gasteiger partial charge in [-0.15, -0.1) is 0 Å². The summed E-state index contributed by atoms with van der Waals surface area (Å²) in [5, 5.41) is 8.96. The summed E-state index contributed by atoms with van der Waals surface area (Å²) in [6.45, 7) is 2.56. The summed E-state index contributed by atoms with van der Waals surface area (Å²) in [4.78, 5) is 26.8. The Morgan fingerprint density at radius 2 is 2.30 bits per heavy atom. The number of aliphatic carboxylic acids is 1. The van der Waals surface area contributed by atoms with E-state index in [0.29, 0.717) is 23.3 Å². The fourth-order valence-electron chi connectivity index (χ4n) is 1.67. The molecule has 0 atom stereocenters. The zero-order chi connectivity index (χ0) is 14.5. The average Bonchev–Trinajstić information content (AvgIpc) is 2.44. The van der Waals surface area contributed by atoms with Gasteiger partial charge in [-0.05, 0) is 24.6 Å². The van der Waals surface area contributed by atoms with Gasteiger partial charge >= 0.3 is 5.97 Å². The zero-order valence-electron chi connectivity index (χ0n) is 10.9. The molecule has 0 spiro atoms. The van der Waals surface area contributed by atoms with Crippen LogP contribution in [0.1, 0.15) is 13.3 Å². The lowest BCUT2D eigenvalue weighted by Gasteiger charge is -2.06. The molecule has 0 aliphatic heterocycles. The van der Waals surface area contributed by atoms with Crippen LogP contribution in [0.5, 0.6) is 5.75 Å². The fourth-order valence-corrected chi connectivity index (χ4v) is 1.67. The molecule has 0 fully saturated rings. The van der Waals surface area contributed by atoms with Crippen LogP contribution in [-0.2, 0) is 4.79 Å². The highest BCUT2D eigenvalue weighted by molar-refractivity contribution is 5.83. The number of benzene rings is 1. The molecule has 2 aromatic rings. The van der Waals surface area contributed by atoms with Crippen LogP contribution in [0, 0.1) is 0 Å². The summed E-state index contributed by atoms with van der Waals surface area (Å²) in [6, 6.07) is 5.07. The quantitative estimate of drug-likeness (QED) is 0.840. The van der Waals surface area contributed by atoms with Crippen molar-refractivity contribution in [3.05, 3.63) is 41.0 Å². The van der Waals surface area contributed by atoms with E-state index in [-0.39, 0.29) is 5.56 Å². The van der Waals surface area contributed by atoms with E-state index in [4.69, 9.17) is 9.84 Å². The second-order valence-corrected chi connectivity index (χ2v) is 4.14. The molecule has 0 saturated heterocycles. The molecule has 20 heavy (non-hydrogen) atoms. The Labute approximate surface area is 114 Å². The van der Waals surface area contributed by atoms with Crippen molar-refractivity contribution in [2.75, 3.05) is 6.61 Å². The van der Waals surface area contributed by atoms with Crippen molar-refractivity contribution >= 4 is 23.1 Å². The second kappa shape index (κ2) is 6.01. The van der Waals surface area contributed by atoms with Gasteiger partial charge in [-0.2, -0.15) is 0 Å². The molecule has 0 amide bonds. The Balaban J connectivity index is 2.47. The lowest BCUT2D eigenvalue weighted by atomic mass is 10.2. The molecule has 1 aromatic carbocycles. The van der Waals surface area contributed by atoms with E-state index in [2.05, 4.69) is 4.98 Å². The van der Waals surface area contributed by atoms with E-state index in [0.717, 1.165) is 23.3 Å². The number of ether oxygens (including phenoxy) is 1. The molecule has 0 bridgehead atoms. The first-order chi connectivity index (χ1) is 9.61. The predicted octanol–water partition coefficient (Wildman–Crippen LogP) is 1.74. The first-order valence-electron chi connectivity index (χ1n) is 6.16. The summed E-state index contributed by atoms with van der Waals surface area (Å²) in [6.07, 6.45) is 4.20. The van der Waals surface area contributed by atoms with Gasteiger partial charge in [0.25, 0.3) is 5.56 Å². The third kappa shape index (κ3) is 3.03. The molecular formula is C14H14N2O4. The maximum atomic E-state index is 12.2. The van der Waals surface area contributed by atoms with E-state index < -0.39 is 5.97 Å². The predicted molar refractivity (Wildman–Crippen MR) is 74.8 cm³/mol. The minimum absolute atomic E-state index is 0.338. The number of hydrogen-bond acceptors (Lipinski definition) is 4. The van der Waals surface area contributed by atoms with Gasteiger partial charge < -0.3 is 9.84 Å². The summed E-state index contributed by atoms with van der Waals surface area (Å²) >= 11 is 0. The van der Waals surface area contributed by atoms with E-state index in [1.807, 2.05) is 6.92 Å². The van der Waals surface area contributed by atoms with Gasteiger partial charge in [0.2, 0.25) is 0 Å². The van der Waals surface area contributed by atoms with Crippen molar-refractivity contribution in [2.45, 2.75) is 13.3 Å². The molecule has 0 saturated carbocycles. The van der Waals surface area contributed by atoms with Crippen LogP contribution in [0.15, 0.2) is 35.4 Å². The maximum absolute atomic E-state index is 12.2. The molecule has 1 N–H and O–H groups in total. The molecule has 2 rings (SSSR count). The molecule has 0 unspecified atom stereocenters. The summed E-state index contributed by atoms with van der Waals surface area (Å²) in [7, 11) is 0. The summed E-state index contributed by atoms with van der Waals surface area (Å²) < 4.78 is 6.59. The number of aromatic nitrogens is 2. The SMILES string of the molecule is CCCOc1ccc2ncn(/C=C/C(=O)O)c(=O)c2c1. The fraction of sp³-hybridized carbons (Fsp3) is 0.214. The highest BCUT2D eigenvalue weighted by Gasteiger charge is 2.04. The Bertz CT molecular complexity index is 719. The van der Waals surface area contributed by atoms with Crippen molar-refractivity contribution in [1.29, 1.82) is 0 Å². The van der Waals surface area contributed by atoms with E-state index in [1.54, 1.807) is 18.2 Å². The van der Waals surface area contributed by atoms with Crippen LogP contribution in [0.3, 0.4) is 0 Å². The third-order valence-corrected chi connectivity index (χ3v) is 2.60. The Kier molecular flexibility index (Phi) is 4.14. The summed E-state index contributed by atoms with van der Waals surface area (Å²) in [5.41, 5.74) is 0.202. The lowest BCUT2D eigenvalue weighted by Crippen LogP contribution is -2.16. The molecule has 0 radical (unpaired) electrons. The van der Waals surface area contributed by atoms with Gasteiger partial charge in [-0.3, -0.25) is 9.36 Å². The molecule has 1 heterocycles. The zero-order valence-corrected chi connectivity index (χ0v) is 10.9. The van der Waals surface area contributed by atoms with Crippen LogP contribution < -0.4 is 10.3 Å². The molecule has 1 aromatic heterocycles. The maximum Gasteiger partial charge on any atom is 0.329 e. The topological polar surface area (TPSA) is 81.4 Å². The van der Waals surface area contributed by atoms with Crippen LogP contribution in [0.2, 0.25) is 0 Å². The third-order valence-electron chi connectivity index (χ3n) is 2.60. The minimum Gasteiger partial charge on any atom is -0.494 e. The van der Waals surface area contributed by atoms with Crippen molar-refractivity contribution < 1.29 is 14.6 Å². The summed E-state index contributed by atoms with van der Waals surface area (Å²) in [5.74, 6) is -0.532. The molecular weight excluding hydrogens is 260 g/mol. The van der Waals surface area contributed by atoms with Crippen LogP contribution in [0.4, 0.5) is 0 Å². The first-order valence-corrected chi connectivity index (χ1v) is 6.16. The van der Waals surface area contributed by atoms with Gasteiger partial charge in [0.05, 0.1) is 17.5 Å². The van der Waals surface area contributed by atoms with Crippen LogP contribution in [0.25, 0.3) is 17.1 Å². The number of nitrogens with zero attached hydrogens (tertiary/aromatic N) is 2. The van der Waals surface area contributed by atoms with Gasteiger partial charge in [-0.25, -0.2) is 9.78 Å². The molecule has 6 heteroatoms. The van der Waals surface area contributed by atoms with Crippen molar-refractivity contribution in [2.24, 2.45) is 0 Å². The Hall–Kier alpha value is -2.63. The molecule has 0 aliphatic carbocycles. The Morgan fingerprint density at radius 3 is 3.00 bits per heavy atom. The average molecular weight is 274 g/mol. The van der Waals surface area contributed by atoms with E-state index >= 15 is 0 Å². The van der Waals surface area contributed by atoms with E-state index in [9.17, 15) is 9.59 Å². The van der Waals surface area contributed by atoms with Crippen LogP contribution >= 0.6 is 0 Å². The van der Waals surface area contributed by atoms with Crippen LogP contribution in [-0.4, -0.2) is 27.2 Å². The minimum atomic E-state index is -1.13. The van der Waals surface area contributed by atoms with Crippen molar-refractivity contribution in [3.63, 3.8) is 0 Å².